The van der Waals surface area contributed by atoms with E-state index in [-0.39, 0.29) is 11.1 Å². The van der Waals surface area contributed by atoms with Crippen molar-refractivity contribution in [1.82, 2.24) is 5.32 Å². The van der Waals surface area contributed by atoms with Crippen LogP contribution in [0, 0.1) is 5.92 Å². The Morgan fingerprint density at radius 3 is 2.62 bits per heavy atom. The van der Waals surface area contributed by atoms with Crippen LogP contribution in [0.2, 0.25) is 0 Å². The third kappa shape index (κ3) is 2.78. The Morgan fingerprint density at radius 2 is 2.05 bits per heavy atom. The highest BCUT2D eigenvalue weighted by Crippen LogP contribution is 2.48. The summed E-state index contributed by atoms with van der Waals surface area (Å²) in [4.78, 5) is 11.5. The largest absolute Gasteiger partial charge is 0.465 e. The molecule has 1 heterocycles. The minimum atomic E-state index is -0.506. The van der Waals surface area contributed by atoms with Crippen LogP contribution < -0.4 is 5.32 Å². The van der Waals surface area contributed by atoms with Crippen molar-refractivity contribution in [2.75, 3.05) is 13.7 Å². The Balaban J connectivity index is 1.82. The lowest BCUT2D eigenvalue weighted by molar-refractivity contribution is -0.0321. The average Bonchev–Trinajstić information content (AvgIpc) is 3.31. The molecule has 0 spiro atoms. The molecule has 0 amide bonds. The molecule has 0 bridgehead atoms. The van der Waals surface area contributed by atoms with Crippen LogP contribution in [0.25, 0.3) is 0 Å². The molecule has 5 heteroatoms. The van der Waals surface area contributed by atoms with Crippen LogP contribution in [-0.4, -0.2) is 40.6 Å². The number of aliphatic hydroxyl groups is 1. The maximum Gasteiger partial charge on any atom is 0.337 e. The lowest BCUT2D eigenvalue weighted by atomic mass is 9.80. The van der Waals surface area contributed by atoms with Crippen molar-refractivity contribution in [3.63, 3.8) is 0 Å². The molecule has 1 saturated carbocycles. The zero-order valence-electron chi connectivity index (χ0n) is 12.7. The van der Waals surface area contributed by atoms with E-state index in [1.54, 1.807) is 0 Å². The van der Waals surface area contributed by atoms with Crippen LogP contribution in [0.1, 0.15) is 41.6 Å². The van der Waals surface area contributed by atoms with E-state index < -0.39 is 5.60 Å². The van der Waals surface area contributed by atoms with E-state index in [1.165, 1.54) is 12.7 Å². The van der Waals surface area contributed by atoms with Crippen molar-refractivity contribution in [2.24, 2.45) is 5.92 Å². The second-order valence-electron chi connectivity index (χ2n) is 6.63. The number of piperidine rings is 1. The molecule has 0 radical (unpaired) electrons. The highest BCUT2D eigenvalue weighted by atomic mass is 28.1. The predicted octanol–water partition coefficient (Wildman–Crippen LogP) is 0.516. The number of hydrogen-bond donors (Lipinski definition) is 2. The SMILES string of the molecule is COC(=O)c1ccc([C@@]2([SiH3])C[C@](O)(C3CC3)CCN2)cc1. The maximum atomic E-state index is 11.5. The molecule has 2 atom stereocenters. The van der Waals surface area contributed by atoms with Crippen molar-refractivity contribution in [3.05, 3.63) is 35.4 Å². The molecule has 0 aromatic heterocycles. The zero-order valence-corrected chi connectivity index (χ0v) is 14.7. The van der Waals surface area contributed by atoms with Gasteiger partial charge in [0.1, 0.15) is 0 Å². The molecule has 2 aliphatic rings. The van der Waals surface area contributed by atoms with Crippen molar-refractivity contribution in [2.45, 2.75) is 36.4 Å². The van der Waals surface area contributed by atoms with Crippen LogP contribution in [0.5, 0.6) is 0 Å². The van der Waals surface area contributed by atoms with E-state index in [1.807, 2.05) is 24.3 Å². The first-order valence-electron chi connectivity index (χ1n) is 7.63. The highest BCUT2D eigenvalue weighted by molar-refractivity contribution is 6.15. The van der Waals surface area contributed by atoms with Gasteiger partial charge in [-0.25, -0.2) is 4.79 Å². The summed E-state index contributed by atoms with van der Waals surface area (Å²) < 4.78 is 4.73. The summed E-state index contributed by atoms with van der Waals surface area (Å²) >= 11 is 0. The number of carbonyl (C=O) groups is 1. The van der Waals surface area contributed by atoms with Gasteiger partial charge >= 0.3 is 5.97 Å². The molecular weight excluding hydrogens is 282 g/mol. The van der Waals surface area contributed by atoms with Gasteiger partial charge in [0.15, 0.2) is 0 Å². The maximum absolute atomic E-state index is 11.5. The summed E-state index contributed by atoms with van der Waals surface area (Å²) in [5.41, 5.74) is 1.23. The minimum Gasteiger partial charge on any atom is -0.465 e. The number of rotatable bonds is 3. The van der Waals surface area contributed by atoms with Crippen molar-refractivity contribution in [3.8, 4) is 0 Å². The smallest absolute Gasteiger partial charge is 0.337 e. The molecule has 1 saturated heterocycles. The van der Waals surface area contributed by atoms with Crippen molar-refractivity contribution >= 4 is 16.2 Å². The average molecular weight is 305 g/mol. The third-order valence-corrected chi connectivity index (χ3v) is 6.30. The van der Waals surface area contributed by atoms with Crippen LogP contribution in [-0.2, 0) is 9.90 Å². The molecule has 1 aromatic carbocycles. The number of hydrogen-bond acceptors (Lipinski definition) is 4. The van der Waals surface area contributed by atoms with E-state index in [0.29, 0.717) is 11.5 Å². The topological polar surface area (TPSA) is 58.6 Å². The van der Waals surface area contributed by atoms with Gasteiger partial charge < -0.3 is 15.2 Å². The third-order valence-electron chi connectivity index (χ3n) is 5.01. The summed E-state index contributed by atoms with van der Waals surface area (Å²) in [5.74, 6) is 0.178. The molecule has 0 unspecified atom stereocenters. The van der Waals surface area contributed by atoms with E-state index in [9.17, 15) is 9.90 Å². The molecule has 3 rings (SSSR count). The summed E-state index contributed by atoms with van der Waals surface area (Å²) in [5, 5.41) is 14.4. The van der Waals surface area contributed by atoms with Gasteiger partial charge in [0.2, 0.25) is 0 Å². The van der Waals surface area contributed by atoms with Crippen LogP contribution in [0.15, 0.2) is 24.3 Å². The summed E-state index contributed by atoms with van der Waals surface area (Å²) in [7, 11) is 2.31. The molecule has 2 N–H and O–H groups in total. The Bertz CT molecular complexity index is 543. The van der Waals surface area contributed by atoms with Gasteiger partial charge in [-0.3, -0.25) is 0 Å². The lowest BCUT2D eigenvalue weighted by Crippen LogP contribution is -2.56. The van der Waals surface area contributed by atoms with Crippen LogP contribution >= 0.6 is 0 Å². The van der Waals surface area contributed by atoms with Crippen LogP contribution in [0.3, 0.4) is 0 Å². The summed E-state index contributed by atoms with van der Waals surface area (Å²) in [6.45, 7) is 0.856. The second-order valence-corrected chi connectivity index (χ2v) is 8.34. The predicted molar refractivity (Wildman–Crippen MR) is 84.3 cm³/mol. The first-order valence-corrected chi connectivity index (χ1v) is 8.63. The van der Waals surface area contributed by atoms with Gasteiger partial charge in [0, 0.05) is 15.4 Å². The number of ether oxygens (including phenoxy) is 1. The normalized spacial score (nSPS) is 32.9. The Labute approximate surface area is 128 Å². The molecule has 1 aliphatic heterocycles. The molecule has 114 valence electrons. The zero-order chi connectivity index (χ0) is 15.1. The molecule has 4 nitrogen and oxygen atoms in total. The molecule has 1 aliphatic carbocycles. The van der Waals surface area contributed by atoms with Gasteiger partial charge in [-0.05, 0) is 55.8 Å². The van der Waals surface area contributed by atoms with E-state index in [2.05, 4.69) is 5.32 Å². The first-order chi connectivity index (χ1) is 9.97. The Morgan fingerprint density at radius 1 is 1.38 bits per heavy atom. The molecule has 1 aromatic rings. The number of methoxy groups -OCH3 is 1. The Hall–Kier alpha value is -1.17. The number of nitrogens with one attached hydrogen (secondary N) is 1. The van der Waals surface area contributed by atoms with Crippen molar-refractivity contribution in [1.29, 1.82) is 0 Å². The van der Waals surface area contributed by atoms with Gasteiger partial charge in [0.05, 0.1) is 18.3 Å². The number of esters is 1. The van der Waals surface area contributed by atoms with Crippen LogP contribution in [0.4, 0.5) is 0 Å². The second kappa shape index (κ2) is 5.23. The highest BCUT2D eigenvalue weighted by Gasteiger charge is 2.50. The standard InChI is InChI=1S/C16H23NO3Si/c1-20-14(18)11-2-4-13(5-3-11)16(21)10-15(19,8-9-17-16)12-6-7-12/h2-5,12,17,19H,6-10H2,1,21H3/t15-,16-/m0/s1. The van der Waals surface area contributed by atoms with Crippen molar-refractivity contribution < 1.29 is 14.6 Å². The van der Waals surface area contributed by atoms with E-state index in [4.69, 9.17) is 4.74 Å². The Kier molecular flexibility index (Phi) is 3.67. The first kappa shape index (κ1) is 14.8. The van der Waals surface area contributed by atoms with E-state index >= 15 is 0 Å². The number of benzene rings is 1. The van der Waals surface area contributed by atoms with E-state index in [0.717, 1.165) is 42.5 Å². The molecule has 2 fully saturated rings. The van der Waals surface area contributed by atoms with Gasteiger partial charge in [-0.15, -0.1) is 0 Å². The minimum absolute atomic E-state index is 0.107. The summed E-state index contributed by atoms with van der Waals surface area (Å²) in [6, 6.07) is 7.61. The fraction of sp³-hybridized carbons (Fsp3) is 0.562. The fourth-order valence-electron chi connectivity index (χ4n) is 3.58. The van der Waals surface area contributed by atoms with Gasteiger partial charge in [-0.1, -0.05) is 12.1 Å². The quantitative estimate of drug-likeness (QED) is 0.631. The molecule has 21 heavy (non-hydrogen) atoms. The monoisotopic (exact) mass is 305 g/mol. The van der Waals surface area contributed by atoms with Gasteiger partial charge in [0.25, 0.3) is 0 Å². The summed E-state index contributed by atoms with van der Waals surface area (Å²) in [6.07, 6.45) is 3.96. The lowest BCUT2D eigenvalue weighted by Gasteiger charge is -2.45. The number of carbonyl (C=O) groups excluding carboxylic acids is 1. The fourth-order valence-corrected chi connectivity index (χ4v) is 4.78. The van der Waals surface area contributed by atoms with Gasteiger partial charge in [-0.2, -0.15) is 0 Å². The molecular formula is C16H23NO3Si.